The van der Waals surface area contributed by atoms with Crippen LogP contribution in [0.4, 0.5) is 0 Å². The highest BCUT2D eigenvalue weighted by Crippen LogP contribution is 2.19. The van der Waals surface area contributed by atoms with Crippen LogP contribution < -0.4 is 10.3 Å². The molecule has 0 radical (unpaired) electrons. The number of aromatic nitrogens is 1. The maximum absolute atomic E-state index is 12.3. The van der Waals surface area contributed by atoms with E-state index in [2.05, 4.69) is 4.98 Å². The molecule has 1 heterocycles. The van der Waals surface area contributed by atoms with Gasteiger partial charge in [-0.25, -0.2) is 0 Å². The van der Waals surface area contributed by atoms with E-state index in [4.69, 9.17) is 4.74 Å². The number of carbonyl (C=O) groups is 1. The van der Waals surface area contributed by atoms with Gasteiger partial charge in [0, 0.05) is 37.1 Å². The number of nitrogens with one attached hydrogen (secondary N) is 1. The fourth-order valence-electron chi connectivity index (χ4n) is 2.57. The number of fused-ring (bicyclic) bond motifs is 1. The van der Waals surface area contributed by atoms with E-state index in [0.717, 1.165) is 16.7 Å². The summed E-state index contributed by atoms with van der Waals surface area (Å²) in [6.45, 7) is 4.75. The zero-order chi connectivity index (χ0) is 17.9. The Kier molecular flexibility index (Phi) is 5.62. The number of carbonyl (C=O) groups excluding carboxylic acids is 1. The fourth-order valence-corrected chi connectivity index (χ4v) is 2.57. The van der Waals surface area contributed by atoms with Crippen molar-refractivity contribution in [2.75, 3.05) is 27.7 Å². The molecule has 0 unspecified atom stereocenters. The highest BCUT2D eigenvalue weighted by atomic mass is 16.5. The Hall–Kier alpha value is -2.34. The van der Waals surface area contributed by atoms with Gasteiger partial charge in [-0.1, -0.05) is 0 Å². The molecule has 0 fully saturated rings. The fraction of sp³-hybridized carbons (Fsp3) is 0.444. The van der Waals surface area contributed by atoms with Crippen LogP contribution in [0.25, 0.3) is 10.9 Å². The molecule has 2 rings (SSSR count). The molecule has 6 heteroatoms. The van der Waals surface area contributed by atoms with Crippen LogP contribution in [0.1, 0.15) is 19.4 Å². The van der Waals surface area contributed by atoms with Gasteiger partial charge in [-0.15, -0.1) is 0 Å². The van der Waals surface area contributed by atoms with Gasteiger partial charge in [0.05, 0.1) is 12.6 Å². The molecule has 1 aromatic carbocycles. The Morgan fingerprint density at radius 2 is 1.96 bits per heavy atom. The monoisotopic (exact) mass is 331 g/mol. The van der Waals surface area contributed by atoms with Crippen molar-refractivity contribution < 1.29 is 9.53 Å². The second kappa shape index (κ2) is 7.49. The number of hydrogen-bond acceptors (Lipinski definition) is 4. The van der Waals surface area contributed by atoms with Crippen molar-refractivity contribution in [3.63, 3.8) is 0 Å². The molecule has 1 aromatic heterocycles. The first-order valence-corrected chi connectivity index (χ1v) is 8.03. The number of H-pyrrole nitrogens is 1. The van der Waals surface area contributed by atoms with Crippen LogP contribution in [0, 0.1) is 0 Å². The Bertz CT molecular complexity index is 783. The lowest BCUT2D eigenvalue weighted by atomic mass is 10.1. The summed E-state index contributed by atoms with van der Waals surface area (Å²) in [6.07, 6.45) is 0. The van der Waals surface area contributed by atoms with Gasteiger partial charge in [0.15, 0.2) is 0 Å². The number of pyridine rings is 1. The van der Waals surface area contributed by atoms with Gasteiger partial charge in [-0.3, -0.25) is 14.5 Å². The Morgan fingerprint density at radius 3 is 2.58 bits per heavy atom. The van der Waals surface area contributed by atoms with Crippen molar-refractivity contribution in [2.45, 2.75) is 26.4 Å². The van der Waals surface area contributed by atoms with Gasteiger partial charge in [0.2, 0.25) is 5.91 Å². The molecule has 1 N–H and O–H groups in total. The van der Waals surface area contributed by atoms with Crippen LogP contribution in [0.3, 0.4) is 0 Å². The molecule has 130 valence electrons. The molecule has 0 saturated carbocycles. The number of rotatable bonds is 6. The second-order valence-corrected chi connectivity index (χ2v) is 6.13. The summed E-state index contributed by atoms with van der Waals surface area (Å²) in [5, 5.41) is 0.913. The summed E-state index contributed by atoms with van der Waals surface area (Å²) in [7, 11) is 5.29. The van der Waals surface area contributed by atoms with Crippen molar-refractivity contribution in [3.8, 4) is 5.75 Å². The third-order valence-electron chi connectivity index (χ3n) is 4.08. The van der Waals surface area contributed by atoms with Gasteiger partial charge < -0.3 is 14.6 Å². The first-order chi connectivity index (χ1) is 11.3. The summed E-state index contributed by atoms with van der Waals surface area (Å²) in [5.41, 5.74) is 1.26. The van der Waals surface area contributed by atoms with Gasteiger partial charge in [0.1, 0.15) is 5.75 Å². The van der Waals surface area contributed by atoms with Crippen LogP contribution in [0.2, 0.25) is 0 Å². The molecule has 0 bridgehead atoms. The molecule has 1 amide bonds. The second-order valence-electron chi connectivity index (χ2n) is 6.13. The van der Waals surface area contributed by atoms with E-state index in [-0.39, 0.29) is 17.5 Å². The standard InChI is InChI=1S/C18H25N3O3/c1-6-24-15-7-8-16-13(10-15)9-14(17(22)19-16)11-21(5)12(2)18(23)20(3)4/h7-10,12H,6,11H2,1-5H3,(H,19,22)/t12-/m0/s1. The van der Waals surface area contributed by atoms with Crippen LogP contribution >= 0.6 is 0 Å². The molecule has 1 atom stereocenters. The van der Waals surface area contributed by atoms with Gasteiger partial charge in [0.25, 0.3) is 5.56 Å². The number of ether oxygens (including phenoxy) is 1. The zero-order valence-electron chi connectivity index (χ0n) is 14.9. The quantitative estimate of drug-likeness (QED) is 0.877. The largest absolute Gasteiger partial charge is 0.494 e. The van der Waals surface area contributed by atoms with Crippen LogP contribution in [0.5, 0.6) is 5.75 Å². The summed E-state index contributed by atoms with van der Waals surface area (Å²) < 4.78 is 5.51. The van der Waals surface area contributed by atoms with Crippen molar-refractivity contribution in [2.24, 2.45) is 0 Å². The average Bonchev–Trinajstić information content (AvgIpc) is 2.54. The van der Waals surface area contributed by atoms with Gasteiger partial charge >= 0.3 is 0 Å². The molecular formula is C18H25N3O3. The minimum Gasteiger partial charge on any atom is -0.494 e. The molecule has 24 heavy (non-hydrogen) atoms. The molecule has 0 spiro atoms. The van der Waals surface area contributed by atoms with Crippen molar-refractivity contribution in [3.05, 3.63) is 40.2 Å². The van der Waals surface area contributed by atoms with E-state index in [1.165, 1.54) is 0 Å². The highest BCUT2D eigenvalue weighted by molar-refractivity contribution is 5.81. The SMILES string of the molecule is CCOc1ccc2[nH]c(=O)c(CN(C)[C@@H](C)C(=O)N(C)C)cc2c1. The number of benzene rings is 1. The maximum atomic E-state index is 12.3. The maximum Gasteiger partial charge on any atom is 0.252 e. The van der Waals surface area contributed by atoms with E-state index < -0.39 is 0 Å². The average molecular weight is 331 g/mol. The topological polar surface area (TPSA) is 65.6 Å². The predicted molar refractivity (Wildman–Crippen MR) is 95.4 cm³/mol. The van der Waals surface area contributed by atoms with Crippen molar-refractivity contribution in [1.29, 1.82) is 0 Å². The smallest absolute Gasteiger partial charge is 0.252 e. The van der Waals surface area contributed by atoms with Crippen LogP contribution in [-0.2, 0) is 11.3 Å². The van der Waals surface area contributed by atoms with Gasteiger partial charge in [-0.05, 0) is 45.2 Å². The minimum atomic E-state index is -0.301. The Morgan fingerprint density at radius 1 is 1.25 bits per heavy atom. The van der Waals surface area contributed by atoms with Crippen LogP contribution in [0.15, 0.2) is 29.1 Å². The van der Waals surface area contributed by atoms with E-state index in [9.17, 15) is 9.59 Å². The highest BCUT2D eigenvalue weighted by Gasteiger charge is 2.20. The van der Waals surface area contributed by atoms with Crippen molar-refractivity contribution in [1.82, 2.24) is 14.8 Å². The minimum absolute atomic E-state index is 0.00773. The molecule has 0 aliphatic carbocycles. The molecular weight excluding hydrogens is 306 g/mol. The summed E-state index contributed by atoms with van der Waals surface area (Å²) >= 11 is 0. The summed E-state index contributed by atoms with van der Waals surface area (Å²) in [6, 6.07) is 7.15. The number of nitrogens with zero attached hydrogens (tertiary/aromatic N) is 2. The van der Waals surface area contributed by atoms with E-state index in [1.807, 2.05) is 50.1 Å². The Labute approximate surface area is 142 Å². The third-order valence-corrected chi connectivity index (χ3v) is 4.08. The van der Waals surface area contributed by atoms with Crippen molar-refractivity contribution >= 4 is 16.8 Å². The number of likely N-dealkylation sites (N-methyl/N-ethyl adjacent to an activating group) is 2. The summed E-state index contributed by atoms with van der Waals surface area (Å²) in [5.74, 6) is 0.779. The molecule has 2 aromatic rings. The number of amides is 1. The van der Waals surface area contributed by atoms with Crippen LogP contribution in [-0.4, -0.2) is 54.5 Å². The van der Waals surface area contributed by atoms with Gasteiger partial charge in [-0.2, -0.15) is 0 Å². The van der Waals surface area contributed by atoms with E-state index >= 15 is 0 Å². The molecule has 0 saturated heterocycles. The first kappa shape index (κ1) is 18.0. The third kappa shape index (κ3) is 3.94. The first-order valence-electron chi connectivity index (χ1n) is 8.03. The Balaban J connectivity index is 2.29. The lowest BCUT2D eigenvalue weighted by molar-refractivity contribution is -0.133. The number of aromatic amines is 1. The molecule has 6 nitrogen and oxygen atoms in total. The lowest BCUT2D eigenvalue weighted by Crippen LogP contribution is -2.42. The lowest BCUT2D eigenvalue weighted by Gasteiger charge is -2.26. The molecule has 0 aliphatic rings. The van der Waals surface area contributed by atoms with E-state index in [1.54, 1.807) is 19.0 Å². The summed E-state index contributed by atoms with van der Waals surface area (Å²) in [4.78, 5) is 30.7. The normalized spacial score (nSPS) is 12.4. The number of hydrogen-bond donors (Lipinski definition) is 1. The predicted octanol–water partition coefficient (Wildman–Crippen LogP) is 1.84. The van der Waals surface area contributed by atoms with E-state index in [0.29, 0.717) is 18.7 Å². The zero-order valence-corrected chi connectivity index (χ0v) is 14.9. The molecule has 0 aliphatic heterocycles.